The minimum Gasteiger partial charge on any atom is -0.378 e. The fourth-order valence-corrected chi connectivity index (χ4v) is 4.72. The number of fused-ring (bicyclic) bond motifs is 1. The number of sulfonamides is 1. The van der Waals surface area contributed by atoms with Crippen molar-refractivity contribution in [1.82, 2.24) is 19.9 Å². The zero-order chi connectivity index (χ0) is 25.8. The lowest BCUT2D eigenvalue weighted by Crippen LogP contribution is -2.37. The summed E-state index contributed by atoms with van der Waals surface area (Å²) in [4.78, 5) is 19.8. The highest BCUT2D eigenvalue weighted by atomic mass is 32.2. The standard InChI is InChI=1S/C25H30N8O3S/c1-17-4-2-3-5-19(16-17)28-25-29-21-22(31-25)30-24(32-23(21)33-12-14-36-15-13-33)27-11-10-18-6-8-20(9-7-18)37(26,34)35/h2-3,5-9,16H,4,10-15H2,1H3,(H2,26,34,35)(H3,27,28,29,30,31,32). The first-order valence-electron chi connectivity index (χ1n) is 12.1. The number of allylic oxidation sites excluding steroid dienone is 5. The van der Waals surface area contributed by atoms with Gasteiger partial charge in [0.05, 0.1) is 18.1 Å². The van der Waals surface area contributed by atoms with Crippen molar-refractivity contribution in [3.8, 4) is 0 Å². The van der Waals surface area contributed by atoms with Crippen molar-refractivity contribution in [2.24, 2.45) is 5.14 Å². The molecule has 5 rings (SSSR count). The fourth-order valence-electron chi connectivity index (χ4n) is 4.20. The molecule has 0 radical (unpaired) electrons. The Balaban J connectivity index is 1.36. The van der Waals surface area contributed by atoms with Crippen LogP contribution in [0.15, 0.2) is 64.7 Å². The predicted octanol–water partition coefficient (Wildman–Crippen LogP) is 2.69. The predicted molar refractivity (Wildman–Crippen MR) is 144 cm³/mol. The molecule has 1 saturated heterocycles. The van der Waals surface area contributed by atoms with E-state index in [1.807, 2.05) is 12.2 Å². The van der Waals surface area contributed by atoms with E-state index in [1.165, 1.54) is 17.7 Å². The molecule has 0 amide bonds. The molecule has 37 heavy (non-hydrogen) atoms. The van der Waals surface area contributed by atoms with E-state index in [0.717, 1.165) is 42.1 Å². The number of morpholine rings is 1. The summed E-state index contributed by atoms with van der Waals surface area (Å²) in [5.74, 6) is 1.84. The number of aromatic nitrogens is 4. The maximum atomic E-state index is 11.5. The van der Waals surface area contributed by atoms with Gasteiger partial charge < -0.3 is 25.3 Å². The second-order valence-electron chi connectivity index (χ2n) is 8.99. The number of primary sulfonamides is 1. The Morgan fingerprint density at radius 1 is 1.14 bits per heavy atom. The number of imidazole rings is 1. The van der Waals surface area contributed by atoms with Crippen LogP contribution in [0.4, 0.5) is 17.7 Å². The lowest BCUT2D eigenvalue weighted by molar-refractivity contribution is 0.122. The number of hydrogen-bond acceptors (Lipinski definition) is 9. The Morgan fingerprint density at radius 3 is 2.68 bits per heavy atom. The number of anilines is 3. The minimum absolute atomic E-state index is 0.0948. The van der Waals surface area contributed by atoms with Crippen LogP contribution in [0.5, 0.6) is 0 Å². The van der Waals surface area contributed by atoms with Gasteiger partial charge in [0.1, 0.15) is 5.52 Å². The highest BCUT2D eigenvalue weighted by Gasteiger charge is 2.20. The van der Waals surface area contributed by atoms with Crippen molar-refractivity contribution in [2.75, 3.05) is 48.4 Å². The summed E-state index contributed by atoms with van der Waals surface area (Å²) in [6, 6.07) is 6.53. The summed E-state index contributed by atoms with van der Waals surface area (Å²) in [5.41, 5.74) is 4.49. The quantitative estimate of drug-likeness (QED) is 0.350. The normalized spacial score (nSPS) is 16.3. The molecule has 3 aromatic rings. The second-order valence-corrected chi connectivity index (χ2v) is 10.6. The number of aromatic amines is 1. The highest BCUT2D eigenvalue weighted by Crippen LogP contribution is 2.27. The molecule has 1 aliphatic carbocycles. The molecule has 0 saturated carbocycles. The van der Waals surface area contributed by atoms with Crippen LogP contribution in [0.1, 0.15) is 18.9 Å². The molecule has 0 atom stereocenters. The van der Waals surface area contributed by atoms with E-state index < -0.39 is 10.0 Å². The van der Waals surface area contributed by atoms with E-state index in [2.05, 4.69) is 44.6 Å². The SMILES string of the molecule is CC1=CC(Nc2nc3nc(NCCc4ccc(S(N)(=O)=O)cc4)nc(N4CCOCC4)c3[nH]2)=CC=CC1. The van der Waals surface area contributed by atoms with Crippen LogP contribution in [0.2, 0.25) is 0 Å². The van der Waals surface area contributed by atoms with Crippen molar-refractivity contribution in [3.63, 3.8) is 0 Å². The molecule has 5 N–H and O–H groups in total. The van der Waals surface area contributed by atoms with Crippen LogP contribution in [-0.2, 0) is 21.2 Å². The van der Waals surface area contributed by atoms with E-state index >= 15 is 0 Å². The number of hydrogen-bond donors (Lipinski definition) is 4. The van der Waals surface area contributed by atoms with Gasteiger partial charge in [0, 0.05) is 25.3 Å². The van der Waals surface area contributed by atoms with Crippen LogP contribution in [0.3, 0.4) is 0 Å². The van der Waals surface area contributed by atoms with Gasteiger partial charge in [-0.1, -0.05) is 29.9 Å². The van der Waals surface area contributed by atoms with Gasteiger partial charge in [0.15, 0.2) is 11.5 Å². The highest BCUT2D eigenvalue weighted by molar-refractivity contribution is 7.89. The summed E-state index contributed by atoms with van der Waals surface area (Å²) >= 11 is 0. The molecule has 12 heteroatoms. The van der Waals surface area contributed by atoms with Crippen molar-refractivity contribution in [2.45, 2.75) is 24.7 Å². The Morgan fingerprint density at radius 2 is 1.92 bits per heavy atom. The monoisotopic (exact) mass is 522 g/mol. The van der Waals surface area contributed by atoms with Gasteiger partial charge in [-0.15, -0.1) is 0 Å². The molecule has 2 aliphatic rings. The zero-order valence-corrected chi connectivity index (χ0v) is 21.4. The number of ether oxygens (including phenoxy) is 1. The fraction of sp³-hybridized carbons (Fsp3) is 0.320. The molecule has 11 nitrogen and oxygen atoms in total. The van der Waals surface area contributed by atoms with Gasteiger partial charge in [0.2, 0.25) is 21.9 Å². The molecule has 1 aliphatic heterocycles. The Kier molecular flexibility index (Phi) is 7.22. The number of nitrogens with two attached hydrogens (primary N) is 1. The molecule has 1 fully saturated rings. The van der Waals surface area contributed by atoms with Gasteiger partial charge in [0.25, 0.3) is 0 Å². The summed E-state index contributed by atoms with van der Waals surface area (Å²) in [6.07, 6.45) is 9.83. The van der Waals surface area contributed by atoms with Gasteiger partial charge in [-0.2, -0.15) is 15.0 Å². The summed E-state index contributed by atoms with van der Waals surface area (Å²) in [6.45, 7) is 5.36. The van der Waals surface area contributed by atoms with Gasteiger partial charge in [-0.3, -0.25) is 0 Å². The summed E-state index contributed by atoms with van der Waals surface area (Å²) < 4.78 is 28.5. The van der Waals surface area contributed by atoms with Crippen LogP contribution < -0.4 is 20.7 Å². The molecule has 2 aromatic heterocycles. The second kappa shape index (κ2) is 10.7. The maximum Gasteiger partial charge on any atom is 0.238 e. The van der Waals surface area contributed by atoms with Crippen molar-refractivity contribution >= 4 is 38.9 Å². The van der Waals surface area contributed by atoms with Crippen molar-refractivity contribution in [3.05, 3.63) is 65.4 Å². The summed E-state index contributed by atoms with van der Waals surface area (Å²) in [7, 11) is -3.71. The van der Waals surface area contributed by atoms with Crippen LogP contribution >= 0.6 is 0 Å². The molecule has 3 heterocycles. The number of rotatable bonds is 8. The largest absolute Gasteiger partial charge is 0.378 e. The molecular weight excluding hydrogens is 492 g/mol. The lowest BCUT2D eigenvalue weighted by atomic mass is 10.1. The van der Waals surface area contributed by atoms with Crippen LogP contribution in [0.25, 0.3) is 11.2 Å². The number of nitrogens with zero attached hydrogens (tertiary/aromatic N) is 4. The molecule has 0 bridgehead atoms. The third kappa shape index (κ3) is 6.16. The lowest BCUT2D eigenvalue weighted by Gasteiger charge is -2.28. The third-order valence-electron chi connectivity index (χ3n) is 6.11. The number of benzene rings is 1. The van der Waals surface area contributed by atoms with E-state index in [1.54, 1.807) is 12.1 Å². The smallest absolute Gasteiger partial charge is 0.238 e. The molecule has 0 unspecified atom stereocenters. The van der Waals surface area contributed by atoms with E-state index in [-0.39, 0.29) is 4.90 Å². The van der Waals surface area contributed by atoms with Crippen LogP contribution in [0, 0.1) is 0 Å². The molecule has 0 spiro atoms. The topological polar surface area (TPSA) is 151 Å². The first kappa shape index (κ1) is 24.9. The first-order chi connectivity index (χ1) is 17.8. The molecule has 1 aromatic carbocycles. The van der Waals surface area contributed by atoms with Crippen molar-refractivity contribution < 1.29 is 13.2 Å². The van der Waals surface area contributed by atoms with E-state index in [0.29, 0.717) is 43.7 Å². The van der Waals surface area contributed by atoms with Gasteiger partial charge >= 0.3 is 0 Å². The maximum absolute atomic E-state index is 11.5. The number of nitrogens with one attached hydrogen (secondary N) is 3. The van der Waals surface area contributed by atoms with Crippen molar-refractivity contribution in [1.29, 1.82) is 0 Å². The molecule has 194 valence electrons. The Bertz CT molecular complexity index is 1470. The zero-order valence-electron chi connectivity index (χ0n) is 20.6. The first-order valence-corrected chi connectivity index (χ1v) is 13.7. The summed E-state index contributed by atoms with van der Waals surface area (Å²) in [5, 5.41) is 11.8. The average Bonchev–Trinajstić information content (AvgIpc) is 3.17. The minimum atomic E-state index is -3.71. The molecular formula is C25H30N8O3S. The average molecular weight is 523 g/mol. The number of H-pyrrole nitrogens is 1. The van der Waals surface area contributed by atoms with E-state index in [9.17, 15) is 8.42 Å². The Labute approximate surface area is 215 Å². The van der Waals surface area contributed by atoms with Gasteiger partial charge in [-0.05, 0) is 49.6 Å². The van der Waals surface area contributed by atoms with E-state index in [4.69, 9.17) is 19.8 Å². The van der Waals surface area contributed by atoms with Crippen LogP contribution in [-0.4, -0.2) is 61.2 Å². The van der Waals surface area contributed by atoms with Gasteiger partial charge in [-0.25, -0.2) is 13.6 Å². The third-order valence-corrected chi connectivity index (χ3v) is 7.04. The Hall–Kier alpha value is -3.74.